The fourth-order valence-electron chi connectivity index (χ4n) is 7.09. The summed E-state index contributed by atoms with van der Waals surface area (Å²) in [6.07, 6.45) is 4.06. The van der Waals surface area contributed by atoms with Crippen LogP contribution in [-0.4, -0.2) is 22.8 Å². The summed E-state index contributed by atoms with van der Waals surface area (Å²) in [6.45, 7) is 10.7. The van der Waals surface area contributed by atoms with Crippen molar-refractivity contribution >= 4 is 11.6 Å². The predicted molar refractivity (Wildman–Crippen MR) is 87.7 cm³/mol. The molecule has 1 spiro atoms. The number of aliphatic hydroxyl groups is 1. The number of ketones is 2. The second-order valence-corrected chi connectivity index (χ2v) is 9.44. The Balaban J connectivity index is 1.81. The van der Waals surface area contributed by atoms with Gasteiger partial charge in [0.25, 0.3) is 0 Å². The molecule has 2 bridgehead atoms. The second kappa shape index (κ2) is 4.36. The third kappa shape index (κ3) is 1.65. The maximum Gasteiger partial charge on any atom is 0.168 e. The highest BCUT2D eigenvalue weighted by Gasteiger charge is 2.69. The molecule has 6 atom stereocenters. The van der Waals surface area contributed by atoms with Crippen molar-refractivity contribution in [3.63, 3.8) is 0 Å². The van der Waals surface area contributed by atoms with Crippen LogP contribution in [0.1, 0.15) is 59.3 Å². The van der Waals surface area contributed by atoms with Crippen LogP contribution in [-0.2, 0) is 9.59 Å². The average molecular weight is 316 g/mol. The van der Waals surface area contributed by atoms with E-state index in [-0.39, 0.29) is 22.5 Å². The van der Waals surface area contributed by atoms with E-state index in [1.54, 1.807) is 0 Å². The van der Waals surface area contributed by atoms with Gasteiger partial charge in [-0.2, -0.15) is 0 Å². The van der Waals surface area contributed by atoms with E-state index >= 15 is 0 Å². The van der Waals surface area contributed by atoms with E-state index in [1.165, 1.54) is 0 Å². The minimum atomic E-state index is -0.842. The Bertz CT molecular complexity index is 618. The first-order chi connectivity index (χ1) is 10.6. The predicted octanol–water partition coefficient (Wildman–Crippen LogP) is 3.30. The van der Waals surface area contributed by atoms with Crippen LogP contribution >= 0.6 is 0 Å². The summed E-state index contributed by atoms with van der Waals surface area (Å²) in [5.41, 5.74) is 0.406. The zero-order chi connectivity index (χ0) is 16.8. The molecule has 0 aromatic rings. The molecule has 5 rings (SSSR count). The van der Waals surface area contributed by atoms with Gasteiger partial charge in [0.2, 0.25) is 0 Å². The molecule has 0 aliphatic heterocycles. The van der Waals surface area contributed by atoms with Gasteiger partial charge in [0.15, 0.2) is 5.78 Å². The van der Waals surface area contributed by atoms with Gasteiger partial charge in [-0.25, -0.2) is 0 Å². The molecule has 126 valence electrons. The van der Waals surface area contributed by atoms with Crippen molar-refractivity contribution in [2.75, 3.05) is 0 Å². The Labute approximate surface area is 138 Å². The number of aliphatic hydroxyl groups excluding tert-OH is 1. The smallest absolute Gasteiger partial charge is 0.168 e. The van der Waals surface area contributed by atoms with Crippen molar-refractivity contribution in [2.45, 2.75) is 65.4 Å². The Morgan fingerprint density at radius 1 is 1.13 bits per heavy atom. The molecule has 3 heteroatoms. The lowest BCUT2D eigenvalue weighted by Gasteiger charge is -2.67. The molecule has 5 saturated carbocycles. The second-order valence-electron chi connectivity index (χ2n) is 9.44. The van der Waals surface area contributed by atoms with E-state index in [1.807, 2.05) is 0 Å². The van der Waals surface area contributed by atoms with Crippen molar-refractivity contribution in [1.82, 2.24) is 0 Å². The number of carbonyl (C=O) groups excluding carboxylic acids is 2. The van der Waals surface area contributed by atoms with Crippen LogP contribution in [0.15, 0.2) is 12.2 Å². The highest BCUT2D eigenvalue weighted by atomic mass is 16.3. The molecular formula is C20H28O3. The molecule has 5 fully saturated rings. The molecule has 0 saturated heterocycles. The molecule has 0 unspecified atom stereocenters. The molecule has 1 N–H and O–H groups in total. The first-order valence-electron chi connectivity index (χ1n) is 9.08. The van der Waals surface area contributed by atoms with Crippen molar-refractivity contribution in [3.8, 4) is 0 Å². The number of rotatable bonds is 0. The summed E-state index contributed by atoms with van der Waals surface area (Å²) < 4.78 is 0. The SMILES string of the molecule is C=C1C[C@]23CC[C@H]4C(C)(C)C(=O)CC[C@]4(C)[C@H]2C[C@H]1[C@H](O)C3=O. The van der Waals surface area contributed by atoms with Gasteiger partial charge in [0.1, 0.15) is 11.9 Å². The van der Waals surface area contributed by atoms with Gasteiger partial charge >= 0.3 is 0 Å². The maximum atomic E-state index is 13.0. The van der Waals surface area contributed by atoms with Crippen LogP contribution in [0.2, 0.25) is 0 Å². The molecule has 5 aliphatic rings. The summed E-state index contributed by atoms with van der Waals surface area (Å²) >= 11 is 0. The number of carbonyl (C=O) groups is 2. The van der Waals surface area contributed by atoms with Crippen LogP contribution in [0.25, 0.3) is 0 Å². The molecule has 23 heavy (non-hydrogen) atoms. The lowest BCUT2D eigenvalue weighted by molar-refractivity contribution is -0.194. The van der Waals surface area contributed by atoms with Crippen molar-refractivity contribution < 1.29 is 14.7 Å². The van der Waals surface area contributed by atoms with Crippen molar-refractivity contribution in [1.29, 1.82) is 0 Å². The third-order valence-electron chi connectivity index (χ3n) is 8.32. The van der Waals surface area contributed by atoms with Crippen molar-refractivity contribution in [2.24, 2.45) is 34.0 Å². The molecule has 5 aliphatic carbocycles. The molecular weight excluding hydrogens is 288 g/mol. The topological polar surface area (TPSA) is 54.4 Å². The standard InChI is InChI=1S/C20H28O3/c1-11-10-20-8-5-13-18(2,3)15(21)6-7-19(13,4)14(20)9-12(11)16(22)17(20)23/h12-14,16,22H,1,5-10H2,2-4H3/t12-,13+,14-,16+,19+,20-/m1/s1. The largest absolute Gasteiger partial charge is 0.385 e. The zero-order valence-corrected chi connectivity index (χ0v) is 14.5. The zero-order valence-electron chi connectivity index (χ0n) is 14.5. The Morgan fingerprint density at radius 3 is 2.52 bits per heavy atom. The van der Waals surface area contributed by atoms with E-state index in [4.69, 9.17) is 0 Å². The van der Waals surface area contributed by atoms with Gasteiger partial charge in [0.05, 0.1) is 0 Å². The quantitative estimate of drug-likeness (QED) is 0.698. The van der Waals surface area contributed by atoms with Gasteiger partial charge < -0.3 is 5.11 Å². The normalized spacial score (nSPS) is 51.4. The first kappa shape index (κ1) is 15.6. The Morgan fingerprint density at radius 2 is 1.83 bits per heavy atom. The molecule has 3 nitrogen and oxygen atoms in total. The van der Waals surface area contributed by atoms with Crippen LogP contribution in [0.5, 0.6) is 0 Å². The maximum absolute atomic E-state index is 13.0. The van der Waals surface area contributed by atoms with E-state index in [0.29, 0.717) is 24.0 Å². The van der Waals surface area contributed by atoms with Crippen LogP contribution in [0.3, 0.4) is 0 Å². The van der Waals surface area contributed by atoms with Crippen molar-refractivity contribution in [3.05, 3.63) is 12.2 Å². The first-order valence-corrected chi connectivity index (χ1v) is 9.08. The molecule has 0 radical (unpaired) electrons. The molecule has 0 aromatic heterocycles. The minimum Gasteiger partial charge on any atom is -0.385 e. The highest BCUT2D eigenvalue weighted by Crippen LogP contribution is 2.70. The summed E-state index contributed by atoms with van der Waals surface area (Å²) in [5.74, 6) is 1.04. The molecule has 0 amide bonds. The van der Waals surface area contributed by atoms with Crippen LogP contribution in [0, 0.1) is 34.0 Å². The molecule has 0 heterocycles. The van der Waals surface area contributed by atoms with Gasteiger partial charge in [-0.1, -0.05) is 32.9 Å². The highest BCUT2D eigenvalue weighted by molar-refractivity contribution is 5.93. The molecule has 0 aromatic carbocycles. The van der Waals surface area contributed by atoms with Gasteiger partial charge in [0, 0.05) is 23.2 Å². The van der Waals surface area contributed by atoms with Crippen LogP contribution < -0.4 is 0 Å². The van der Waals surface area contributed by atoms with E-state index in [9.17, 15) is 14.7 Å². The van der Waals surface area contributed by atoms with E-state index in [0.717, 1.165) is 37.7 Å². The summed E-state index contributed by atoms with van der Waals surface area (Å²) in [6, 6.07) is 0. The monoisotopic (exact) mass is 316 g/mol. The summed E-state index contributed by atoms with van der Waals surface area (Å²) in [7, 11) is 0. The number of fused-ring (bicyclic) bond motifs is 3. The van der Waals surface area contributed by atoms with E-state index in [2.05, 4.69) is 27.4 Å². The van der Waals surface area contributed by atoms with Gasteiger partial charge in [-0.05, 0) is 49.4 Å². The number of Topliss-reactive ketones (excluding diaryl/α,β-unsaturated/α-hetero) is 2. The minimum absolute atomic E-state index is 0.0322. The van der Waals surface area contributed by atoms with Gasteiger partial charge in [-0.3, -0.25) is 9.59 Å². The Kier molecular flexibility index (Phi) is 2.95. The summed E-state index contributed by atoms with van der Waals surface area (Å²) in [4.78, 5) is 25.5. The average Bonchev–Trinajstić information content (AvgIpc) is 2.48. The lowest BCUT2D eigenvalue weighted by Crippen LogP contribution is -2.67. The fraction of sp³-hybridized carbons (Fsp3) is 0.800. The fourth-order valence-corrected chi connectivity index (χ4v) is 7.09. The summed E-state index contributed by atoms with van der Waals surface area (Å²) in [5, 5.41) is 10.4. The number of hydrogen-bond donors (Lipinski definition) is 1. The lowest BCUT2D eigenvalue weighted by atomic mass is 9.36. The third-order valence-corrected chi connectivity index (χ3v) is 8.32. The van der Waals surface area contributed by atoms with Crippen LogP contribution in [0.4, 0.5) is 0 Å². The van der Waals surface area contributed by atoms with E-state index < -0.39 is 11.5 Å². The number of hydrogen-bond acceptors (Lipinski definition) is 3. The Hall–Kier alpha value is -0.960. The van der Waals surface area contributed by atoms with Gasteiger partial charge in [-0.15, -0.1) is 0 Å².